The molecule has 4 heterocycles. The molecule has 1 aliphatic heterocycles. The number of nitrogens with two attached hydrogens (primary N) is 1. The van der Waals surface area contributed by atoms with Gasteiger partial charge in [-0.25, -0.2) is 19.9 Å². The van der Waals surface area contributed by atoms with Gasteiger partial charge in [0.25, 0.3) is 0 Å². The Bertz CT molecular complexity index is 1340. The number of hydrogen-bond donors (Lipinski definition) is 2. The van der Waals surface area contributed by atoms with E-state index in [2.05, 4.69) is 25.3 Å². The number of ketones is 1. The van der Waals surface area contributed by atoms with E-state index in [9.17, 15) is 18.0 Å². The lowest BCUT2D eigenvalue weighted by Crippen LogP contribution is -2.32. The molecule has 2 aliphatic rings. The van der Waals surface area contributed by atoms with Crippen LogP contribution in [-0.2, 0) is 6.18 Å². The van der Waals surface area contributed by atoms with Crippen LogP contribution in [0.4, 0.5) is 19.0 Å². The molecule has 1 saturated carbocycles. The molecule has 1 aliphatic carbocycles. The Hall–Kier alpha value is -3.40. The van der Waals surface area contributed by atoms with E-state index in [1.165, 1.54) is 6.92 Å². The normalized spacial score (nSPS) is 21.5. The molecule has 3 N–H and O–H groups in total. The van der Waals surface area contributed by atoms with Gasteiger partial charge in [0.1, 0.15) is 17.3 Å². The number of carbonyl (C=O) groups excluding carboxylic acids is 1. The largest absolute Gasteiger partial charge is 0.418 e. The van der Waals surface area contributed by atoms with Crippen molar-refractivity contribution < 1.29 is 18.0 Å². The second kappa shape index (κ2) is 8.37. The Morgan fingerprint density at radius 2 is 1.83 bits per heavy atom. The summed E-state index contributed by atoms with van der Waals surface area (Å²) in [6, 6.07) is 4.45. The Morgan fingerprint density at radius 3 is 2.51 bits per heavy atom. The SMILES string of the molecule is Cc1ccc(-c2ccnc(C)n2)c(C(=O)c2c(N)nc(C3CC4CC4CN3)c(C(F)(F)F)c2C)n1. The number of fused-ring (bicyclic) bond motifs is 1. The number of alkyl halides is 3. The van der Waals surface area contributed by atoms with E-state index in [4.69, 9.17) is 5.73 Å². The minimum atomic E-state index is -4.70. The first-order valence-corrected chi connectivity index (χ1v) is 11.5. The molecule has 10 heteroatoms. The summed E-state index contributed by atoms with van der Waals surface area (Å²) < 4.78 is 43.0. The number of nitrogen functional groups attached to an aromatic ring is 1. The van der Waals surface area contributed by atoms with Gasteiger partial charge in [-0.1, -0.05) is 0 Å². The van der Waals surface area contributed by atoms with Crippen molar-refractivity contribution >= 4 is 11.6 Å². The molecule has 0 spiro atoms. The van der Waals surface area contributed by atoms with E-state index < -0.39 is 23.6 Å². The summed E-state index contributed by atoms with van der Waals surface area (Å²) in [6.45, 7) is 5.34. The van der Waals surface area contributed by atoms with Crippen LogP contribution in [0.5, 0.6) is 0 Å². The molecule has 3 aromatic heterocycles. The molecule has 3 unspecified atom stereocenters. The van der Waals surface area contributed by atoms with Crippen LogP contribution in [0.1, 0.15) is 63.3 Å². The average molecular weight is 483 g/mol. The van der Waals surface area contributed by atoms with Crippen molar-refractivity contribution in [3.63, 3.8) is 0 Å². The van der Waals surface area contributed by atoms with E-state index in [1.54, 1.807) is 38.2 Å². The molecule has 3 aromatic rings. The third-order valence-corrected chi connectivity index (χ3v) is 6.88. The average Bonchev–Trinajstić information content (AvgIpc) is 3.56. The first-order chi connectivity index (χ1) is 16.5. The Balaban J connectivity index is 1.66. The number of pyridine rings is 2. The van der Waals surface area contributed by atoms with Crippen LogP contribution in [0, 0.1) is 32.6 Å². The molecule has 2 fully saturated rings. The van der Waals surface area contributed by atoms with E-state index in [1.807, 2.05) is 0 Å². The number of carbonyl (C=O) groups is 1. The van der Waals surface area contributed by atoms with E-state index in [0.29, 0.717) is 47.6 Å². The van der Waals surface area contributed by atoms with Crippen molar-refractivity contribution in [3.8, 4) is 11.3 Å². The highest BCUT2D eigenvalue weighted by atomic mass is 19.4. The Morgan fingerprint density at radius 1 is 1.06 bits per heavy atom. The van der Waals surface area contributed by atoms with E-state index >= 15 is 0 Å². The lowest BCUT2D eigenvalue weighted by Gasteiger charge is -2.27. The predicted molar refractivity (Wildman–Crippen MR) is 124 cm³/mol. The first kappa shape index (κ1) is 23.3. The number of halogens is 3. The number of anilines is 1. The van der Waals surface area contributed by atoms with Gasteiger partial charge in [-0.15, -0.1) is 0 Å². The highest BCUT2D eigenvalue weighted by Gasteiger charge is 2.46. The molecule has 0 amide bonds. The fraction of sp³-hybridized carbons (Fsp3) is 0.400. The Kier molecular flexibility index (Phi) is 5.58. The molecule has 5 rings (SSSR count). The van der Waals surface area contributed by atoms with Crippen LogP contribution in [-0.4, -0.2) is 32.3 Å². The van der Waals surface area contributed by atoms with Gasteiger partial charge in [-0.05, 0) is 75.8 Å². The molecular weight excluding hydrogens is 457 g/mol. The molecular formula is C25H25F3N6O. The third kappa shape index (κ3) is 4.27. The fourth-order valence-corrected chi connectivity index (χ4v) is 5.05. The summed E-state index contributed by atoms with van der Waals surface area (Å²) in [7, 11) is 0. The van der Waals surface area contributed by atoms with E-state index in [0.717, 1.165) is 6.42 Å². The van der Waals surface area contributed by atoms with Crippen molar-refractivity contribution in [1.29, 1.82) is 0 Å². The third-order valence-electron chi connectivity index (χ3n) is 6.88. The van der Waals surface area contributed by atoms with Crippen molar-refractivity contribution in [2.75, 3.05) is 12.3 Å². The highest BCUT2D eigenvalue weighted by Crippen LogP contribution is 2.49. The van der Waals surface area contributed by atoms with Crippen LogP contribution < -0.4 is 11.1 Å². The molecule has 182 valence electrons. The quantitative estimate of drug-likeness (QED) is 0.532. The molecule has 35 heavy (non-hydrogen) atoms. The van der Waals surface area contributed by atoms with Gasteiger partial charge < -0.3 is 11.1 Å². The van der Waals surface area contributed by atoms with Crippen LogP contribution in [0.2, 0.25) is 0 Å². The molecule has 7 nitrogen and oxygen atoms in total. The molecule has 0 radical (unpaired) electrons. The van der Waals surface area contributed by atoms with Crippen molar-refractivity contribution in [2.45, 2.75) is 45.8 Å². The van der Waals surface area contributed by atoms with Gasteiger partial charge >= 0.3 is 6.18 Å². The fourth-order valence-electron chi connectivity index (χ4n) is 5.05. The number of piperidine rings is 1. The molecule has 1 saturated heterocycles. The summed E-state index contributed by atoms with van der Waals surface area (Å²) >= 11 is 0. The van der Waals surface area contributed by atoms with Crippen molar-refractivity contribution in [3.05, 3.63) is 64.0 Å². The van der Waals surface area contributed by atoms with Gasteiger partial charge in [-0.2, -0.15) is 13.2 Å². The summed E-state index contributed by atoms with van der Waals surface area (Å²) in [6.07, 6.45) is -1.57. The number of rotatable bonds is 4. The standard InChI is InChI=1S/C25H25F3N6O/c1-11-4-5-16(17-6-7-30-13(3)33-17)21(32-11)23(35)19-12(2)20(25(26,27)28)22(34-24(19)29)18-9-14-8-15(14)10-31-18/h4-7,14-15,18,31H,8-10H2,1-3H3,(H2,29,34). The van der Waals surface area contributed by atoms with Gasteiger partial charge in [0.15, 0.2) is 0 Å². The number of nitrogens with zero attached hydrogens (tertiary/aromatic N) is 4. The number of aryl methyl sites for hydroxylation is 2. The second-order valence-electron chi connectivity index (χ2n) is 9.37. The van der Waals surface area contributed by atoms with Crippen LogP contribution in [0.15, 0.2) is 24.4 Å². The molecule has 0 aromatic carbocycles. The zero-order valence-corrected chi connectivity index (χ0v) is 19.6. The smallest absolute Gasteiger partial charge is 0.383 e. The maximum Gasteiger partial charge on any atom is 0.418 e. The summed E-state index contributed by atoms with van der Waals surface area (Å²) in [5.41, 5.74) is 5.95. The van der Waals surface area contributed by atoms with Crippen molar-refractivity contribution in [2.24, 2.45) is 11.8 Å². The van der Waals surface area contributed by atoms with Gasteiger partial charge in [0.2, 0.25) is 5.78 Å². The first-order valence-electron chi connectivity index (χ1n) is 11.5. The lowest BCUT2D eigenvalue weighted by molar-refractivity contribution is -0.139. The maximum atomic E-state index is 14.3. The van der Waals surface area contributed by atoms with Crippen LogP contribution in [0.25, 0.3) is 11.3 Å². The summed E-state index contributed by atoms with van der Waals surface area (Å²) in [4.78, 5) is 30.7. The Labute approximate surface area is 200 Å². The summed E-state index contributed by atoms with van der Waals surface area (Å²) in [5, 5.41) is 3.19. The number of aromatic nitrogens is 4. The van der Waals surface area contributed by atoms with Gasteiger partial charge in [-0.3, -0.25) is 4.79 Å². The number of hydrogen-bond acceptors (Lipinski definition) is 7. The molecule has 0 bridgehead atoms. The van der Waals surface area contributed by atoms with Gasteiger partial charge in [0.05, 0.1) is 28.6 Å². The molecule has 3 atom stereocenters. The zero-order valence-electron chi connectivity index (χ0n) is 19.6. The number of nitrogens with one attached hydrogen (secondary N) is 1. The highest BCUT2D eigenvalue weighted by molar-refractivity contribution is 6.14. The zero-order chi connectivity index (χ0) is 25.1. The van der Waals surface area contributed by atoms with Crippen LogP contribution in [0.3, 0.4) is 0 Å². The topological polar surface area (TPSA) is 107 Å². The second-order valence-corrected chi connectivity index (χ2v) is 9.37. The van der Waals surface area contributed by atoms with Crippen molar-refractivity contribution in [1.82, 2.24) is 25.3 Å². The van der Waals surface area contributed by atoms with Gasteiger partial charge in [0, 0.05) is 17.5 Å². The van der Waals surface area contributed by atoms with Crippen LogP contribution >= 0.6 is 0 Å². The predicted octanol–water partition coefficient (Wildman–Crippen LogP) is 4.36. The monoisotopic (exact) mass is 482 g/mol. The summed E-state index contributed by atoms with van der Waals surface area (Å²) in [5.74, 6) is 0.459. The maximum absolute atomic E-state index is 14.3. The minimum absolute atomic E-state index is 0.0304. The lowest BCUT2D eigenvalue weighted by atomic mass is 9.90. The minimum Gasteiger partial charge on any atom is -0.383 e. The van der Waals surface area contributed by atoms with E-state index in [-0.39, 0.29) is 28.3 Å².